The highest BCUT2D eigenvalue weighted by Crippen LogP contribution is 2.27. The molecule has 2 aromatic rings. The van der Waals surface area contributed by atoms with Crippen LogP contribution in [0.1, 0.15) is 15.9 Å². The molecule has 0 atom stereocenters. The molecule has 0 aliphatic carbocycles. The average Bonchev–Trinajstić information content (AvgIpc) is 2.92. The van der Waals surface area contributed by atoms with Crippen LogP contribution in [0.15, 0.2) is 60.3 Å². The van der Waals surface area contributed by atoms with Crippen molar-refractivity contribution in [2.24, 2.45) is 0 Å². The molecular formula is C20H19N3O4. The number of amides is 3. The minimum Gasteiger partial charge on any atom is -0.395 e. The van der Waals surface area contributed by atoms with Crippen LogP contribution in [0.2, 0.25) is 0 Å². The first-order valence-electron chi connectivity index (χ1n) is 8.42. The molecule has 0 saturated carbocycles. The molecule has 2 aromatic carbocycles. The topological polar surface area (TPSA) is 98.7 Å². The van der Waals surface area contributed by atoms with Crippen molar-refractivity contribution >= 4 is 29.1 Å². The Labute approximate surface area is 156 Å². The van der Waals surface area contributed by atoms with E-state index in [0.29, 0.717) is 16.9 Å². The van der Waals surface area contributed by atoms with Gasteiger partial charge in [-0.05, 0) is 36.8 Å². The fraction of sp³-hybridized carbons (Fsp3) is 0.150. The third-order valence-corrected chi connectivity index (χ3v) is 4.06. The van der Waals surface area contributed by atoms with Crippen LogP contribution in [0.4, 0.5) is 11.4 Å². The van der Waals surface area contributed by atoms with Gasteiger partial charge in [0.25, 0.3) is 17.7 Å². The number of hydrogen-bond acceptors (Lipinski definition) is 5. The fourth-order valence-corrected chi connectivity index (χ4v) is 2.71. The van der Waals surface area contributed by atoms with Crippen molar-refractivity contribution < 1.29 is 19.5 Å². The molecule has 3 rings (SSSR count). The van der Waals surface area contributed by atoms with Gasteiger partial charge in [0.05, 0.1) is 24.5 Å². The van der Waals surface area contributed by atoms with Gasteiger partial charge in [-0.25, -0.2) is 0 Å². The number of imide groups is 1. The number of nitrogens with one attached hydrogen (secondary N) is 2. The average molecular weight is 365 g/mol. The molecule has 3 N–H and O–H groups in total. The number of aryl methyl sites for hydroxylation is 1. The molecule has 0 bridgehead atoms. The number of β-amino-alcohol motifs (C(OH)–C–C–N with tert-alkyl or cyclic N) is 1. The smallest absolute Gasteiger partial charge is 0.277 e. The van der Waals surface area contributed by atoms with Crippen molar-refractivity contribution in [2.45, 2.75) is 6.92 Å². The summed E-state index contributed by atoms with van der Waals surface area (Å²) in [4.78, 5) is 37.6. The lowest BCUT2D eigenvalue weighted by molar-refractivity contribution is -0.137. The van der Waals surface area contributed by atoms with Crippen LogP contribution in [-0.2, 0) is 9.59 Å². The van der Waals surface area contributed by atoms with E-state index in [1.165, 1.54) is 6.08 Å². The van der Waals surface area contributed by atoms with E-state index in [1.54, 1.807) is 36.4 Å². The lowest BCUT2D eigenvalue weighted by atomic mass is 10.1. The number of carbonyl (C=O) groups is 3. The van der Waals surface area contributed by atoms with E-state index in [1.807, 2.05) is 19.1 Å². The summed E-state index contributed by atoms with van der Waals surface area (Å²) in [7, 11) is 0. The minimum absolute atomic E-state index is 0.0647. The summed E-state index contributed by atoms with van der Waals surface area (Å²) in [5, 5.41) is 14.7. The van der Waals surface area contributed by atoms with Crippen LogP contribution >= 0.6 is 0 Å². The van der Waals surface area contributed by atoms with Gasteiger partial charge in [-0.3, -0.25) is 19.3 Å². The maximum Gasteiger partial charge on any atom is 0.277 e. The number of aliphatic hydroxyl groups is 1. The summed E-state index contributed by atoms with van der Waals surface area (Å²) in [6.45, 7) is 1.51. The predicted octanol–water partition coefficient (Wildman–Crippen LogP) is 1.90. The Balaban J connectivity index is 1.83. The first kappa shape index (κ1) is 18.3. The Morgan fingerprint density at radius 3 is 2.52 bits per heavy atom. The van der Waals surface area contributed by atoms with E-state index in [2.05, 4.69) is 10.6 Å². The van der Waals surface area contributed by atoms with Gasteiger partial charge in [-0.2, -0.15) is 0 Å². The molecule has 1 heterocycles. The highest BCUT2D eigenvalue weighted by molar-refractivity contribution is 6.18. The second kappa shape index (κ2) is 7.84. The zero-order valence-electron chi connectivity index (χ0n) is 14.7. The minimum atomic E-state index is -0.518. The highest BCUT2D eigenvalue weighted by atomic mass is 16.3. The van der Waals surface area contributed by atoms with Crippen LogP contribution in [0, 0.1) is 6.92 Å². The van der Waals surface area contributed by atoms with Crippen molar-refractivity contribution in [1.29, 1.82) is 0 Å². The van der Waals surface area contributed by atoms with Crippen molar-refractivity contribution in [3.05, 3.63) is 71.4 Å². The van der Waals surface area contributed by atoms with Gasteiger partial charge in [0.2, 0.25) is 0 Å². The number of benzene rings is 2. The lowest BCUT2D eigenvalue weighted by Gasteiger charge is -2.16. The molecule has 3 amide bonds. The molecule has 0 fully saturated rings. The van der Waals surface area contributed by atoms with Gasteiger partial charge in [0, 0.05) is 11.6 Å². The zero-order valence-corrected chi connectivity index (χ0v) is 14.7. The van der Waals surface area contributed by atoms with Crippen LogP contribution in [0.3, 0.4) is 0 Å². The number of aliphatic hydroxyl groups excluding tert-OH is 1. The van der Waals surface area contributed by atoms with Crippen LogP contribution < -0.4 is 10.6 Å². The number of nitrogens with zero attached hydrogens (tertiary/aromatic N) is 1. The molecule has 7 heteroatoms. The number of carbonyl (C=O) groups excluding carboxylic acids is 3. The highest BCUT2D eigenvalue weighted by Gasteiger charge is 2.31. The van der Waals surface area contributed by atoms with Crippen LogP contribution in [-0.4, -0.2) is 40.9 Å². The molecule has 0 aromatic heterocycles. The maximum absolute atomic E-state index is 12.4. The van der Waals surface area contributed by atoms with Crippen molar-refractivity contribution in [2.75, 3.05) is 23.8 Å². The molecule has 0 radical (unpaired) electrons. The standard InChI is InChI=1S/C20H19N3O4/c1-13-7-8-15(22-19(26)14-5-3-2-4-6-14)16(11-13)21-17-12-18(25)23(9-10-24)20(17)27/h2-8,11-12,21,24H,9-10H2,1H3,(H,22,26). The summed E-state index contributed by atoms with van der Waals surface area (Å²) in [5.74, 6) is -1.29. The summed E-state index contributed by atoms with van der Waals surface area (Å²) in [6, 6.07) is 14.1. The second-order valence-corrected chi connectivity index (χ2v) is 6.07. The summed E-state index contributed by atoms with van der Waals surface area (Å²) < 4.78 is 0. The molecule has 0 unspecified atom stereocenters. The molecule has 27 heavy (non-hydrogen) atoms. The van der Waals surface area contributed by atoms with Gasteiger partial charge in [0.1, 0.15) is 5.70 Å². The van der Waals surface area contributed by atoms with Crippen molar-refractivity contribution in [1.82, 2.24) is 4.90 Å². The van der Waals surface area contributed by atoms with Crippen LogP contribution in [0.5, 0.6) is 0 Å². The Morgan fingerprint density at radius 2 is 1.81 bits per heavy atom. The van der Waals surface area contributed by atoms with E-state index in [9.17, 15) is 14.4 Å². The van der Waals surface area contributed by atoms with E-state index in [0.717, 1.165) is 10.5 Å². The van der Waals surface area contributed by atoms with Gasteiger partial charge in [-0.15, -0.1) is 0 Å². The summed E-state index contributed by atoms with van der Waals surface area (Å²) in [6.07, 6.45) is 1.18. The monoisotopic (exact) mass is 365 g/mol. The first-order valence-corrected chi connectivity index (χ1v) is 8.42. The molecule has 138 valence electrons. The number of rotatable bonds is 6. The van der Waals surface area contributed by atoms with E-state index < -0.39 is 11.8 Å². The summed E-state index contributed by atoms with van der Waals surface area (Å²) >= 11 is 0. The summed E-state index contributed by atoms with van der Waals surface area (Å²) in [5.41, 5.74) is 2.49. The van der Waals surface area contributed by atoms with E-state index in [-0.39, 0.29) is 24.8 Å². The Hall–Kier alpha value is -3.45. The van der Waals surface area contributed by atoms with Crippen molar-refractivity contribution in [3.63, 3.8) is 0 Å². The van der Waals surface area contributed by atoms with E-state index in [4.69, 9.17) is 5.11 Å². The van der Waals surface area contributed by atoms with Gasteiger partial charge in [0.15, 0.2) is 0 Å². The molecule has 1 aliphatic heterocycles. The maximum atomic E-state index is 12.4. The van der Waals surface area contributed by atoms with Crippen LogP contribution in [0.25, 0.3) is 0 Å². The van der Waals surface area contributed by atoms with Gasteiger partial charge >= 0.3 is 0 Å². The quantitative estimate of drug-likeness (QED) is 0.679. The third kappa shape index (κ3) is 4.04. The fourth-order valence-electron chi connectivity index (χ4n) is 2.71. The zero-order chi connectivity index (χ0) is 19.4. The Morgan fingerprint density at radius 1 is 1.07 bits per heavy atom. The number of anilines is 2. The van der Waals surface area contributed by atoms with Crippen molar-refractivity contribution in [3.8, 4) is 0 Å². The largest absolute Gasteiger partial charge is 0.395 e. The third-order valence-electron chi connectivity index (χ3n) is 4.06. The normalized spacial score (nSPS) is 13.6. The molecule has 0 spiro atoms. The predicted molar refractivity (Wildman–Crippen MR) is 101 cm³/mol. The van der Waals surface area contributed by atoms with Gasteiger partial charge < -0.3 is 15.7 Å². The molecular weight excluding hydrogens is 346 g/mol. The van der Waals surface area contributed by atoms with E-state index >= 15 is 0 Å². The molecule has 0 saturated heterocycles. The lowest BCUT2D eigenvalue weighted by Crippen LogP contribution is -2.34. The number of hydrogen-bond donors (Lipinski definition) is 3. The molecule has 1 aliphatic rings. The van der Waals surface area contributed by atoms with Gasteiger partial charge in [-0.1, -0.05) is 24.3 Å². The first-order chi connectivity index (χ1) is 13.0. The second-order valence-electron chi connectivity index (χ2n) is 6.07. The molecule has 7 nitrogen and oxygen atoms in total. The Kier molecular flexibility index (Phi) is 5.33. The Bertz CT molecular complexity index is 922. The SMILES string of the molecule is Cc1ccc(NC(=O)c2ccccc2)c(NC2=CC(=O)N(CCO)C2=O)c1.